The Kier molecular flexibility index (Phi) is 3.95. The lowest BCUT2D eigenvalue weighted by molar-refractivity contribution is -0.138. The second kappa shape index (κ2) is 6.07. The van der Waals surface area contributed by atoms with E-state index in [0.29, 0.717) is 11.3 Å². The third-order valence-corrected chi connectivity index (χ3v) is 3.51. The number of benzene rings is 1. The van der Waals surface area contributed by atoms with Crippen LogP contribution < -0.4 is 10.9 Å². The van der Waals surface area contributed by atoms with E-state index in [9.17, 15) is 14.4 Å². The van der Waals surface area contributed by atoms with Crippen molar-refractivity contribution in [2.24, 2.45) is 9.98 Å². The Hall–Kier alpha value is -3.29. The molecule has 0 saturated heterocycles. The lowest BCUT2D eigenvalue weighted by Gasteiger charge is -2.12. The van der Waals surface area contributed by atoms with Gasteiger partial charge in [-0.05, 0) is 24.6 Å². The maximum absolute atomic E-state index is 12.2. The maximum Gasteiger partial charge on any atom is 0.336 e. The third-order valence-electron chi connectivity index (χ3n) is 3.51. The van der Waals surface area contributed by atoms with Crippen molar-refractivity contribution in [2.45, 2.75) is 13.0 Å². The van der Waals surface area contributed by atoms with E-state index in [1.54, 1.807) is 19.1 Å². The van der Waals surface area contributed by atoms with E-state index in [1.807, 2.05) is 0 Å². The second-order valence-corrected chi connectivity index (χ2v) is 5.28. The van der Waals surface area contributed by atoms with Crippen molar-refractivity contribution in [1.82, 2.24) is 0 Å². The molecular formula is C16H13N3O5. The van der Waals surface area contributed by atoms with Gasteiger partial charge in [-0.1, -0.05) is 0 Å². The molecule has 1 aliphatic heterocycles. The number of nitrogens with zero attached hydrogens (tertiary/aromatic N) is 2. The van der Waals surface area contributed by atoms with Gasteiger partial charge in [0, 0.05) is 23.2 Å². The van der Waals surface area contributed by atoms with Gasteiger partial charge in [-0.15, -0.1) is 0 Å². The molecule has 24 heavy (non-hydrogen) atoms. The van der Waals surface area contributed by atoms with Crippen molar-refractivity contribution >= 4 is 40.5 Å². The summed E-state index contributed by atoms with van der Waals surface area (Å²) >= 11 is 0. The third kappa shape index (κ3) is 3.07. The smallest absolute Gasteiger partial charge is 0.336 e. The fourth-order valence-corrected chi connectivity index (χ4v) is 2.33. The molecule has 1 aliphatic rings. The molecule has 8 nitrogen and oxygen atoms in total. The summed E-state index contributed by atoms with van der Waals surface area (Å²) in [6.45, 7) is 1.79. The summed E-state index contributed by atoms with van der Waals surface area (Å²) < 4.78 is 5.12. The monoisotopic (exact) mass is 327 g/mol. The van der Waals surface area contributed by atoms with E-state index < -0.39 is 23.5 Å². The van der Waals surface area contributed by atoms with E-state index in [1.165, 1.54) is 18.3 Å². The number of carbonyl (C=O) groups is 2. The van der Waals surface area contributed by atoms with Crippen LogP contribution in [-0.2, 0) is 9.59 Å². The van der Waals surface area contributed by atoms with Crippen LogP contribution in [-0.4, -0.2) is 41.5 Å². The molecule has 1 aromatic carbocycles. The summed E-state index contributed by atoms with van der Waals surface area (Å²) in [7, 11) is 0. The number of rotatable bonds is 3. The first-order chi connectivity index (χ1) is 11.4. The zero-order chi connectivity index (χ0) is 17.3. The van der Waals surface area contributed by atoms with Crippen LogP contribution in [0, 0.1) is 6.92 Å². The fourth-order valence-electron chi connectivity index (χ4n) is 2.33. The SMILES string of the molecule is Cc1cc(=O)oc2cc(NC(=O)C3=NC(C(=O)O)CN=C3)ccc12. The molecule has 2 N–H and O–H groups in total. The second-order valence-electron chi connectivity index (χ2n) is 5.28. The summed E-state index contributed by atoms with van der Waals surface area (Å²) in [5, 5.41) is 12.3. The van der Waals surface area contributed by atoms with Gasteiger partial charge in [0.15, 0.2) is 6.04 Å². The average molecular weight is 327 g/mol. The standard InChI is InChI=1S/C16H13N3O5/c1-8-4-14(20)24-13-5-9(2-3-10(8)13)18-15(21)11-6-17-7-12(19-11)16(22)23/h2-6,12H,7H2,1H3,(H,18,21)(H,22,23). The van der Waals surface area contributed by atoms with Gasteiger partial charge >= 0.3 is 11.6 Å². The van der Waals surface area contributed by atoms with Gasteiger partial charge < -0.3 is 14.8 Å². The number of nitrogens with one attached hydrogen (secondary N) is 1. The minimum atomic E-state index is -1.14. The van der Waals surface area contributed by atoms with Crippen LogP contribution in [0.25, 0.3) is 11.0 Å². The van der Waals surface area contributed by atoms with E-state index >= 15 is 0 Å². The first kappa shape index (κ1) is 15.6. The van der Waals surface area contributed by atoms with Crippen molar-refractivity contribution in [3.63, 3.8) is 0 Å². The number of carboxylic acids is 1. The molecule has 0 saturated carbocycles. The number of amides is 1. The normalized spacial score (nSPS) is 16.7. The molecule has 0 bridgehead atoms. The molecule has 0 spiro atoms. The van der Waals surface area contributed by atoms with Crippen LogP contribution in [0.4, 0.5) is 5.69 Å². The van der Waals surface area contributed by atoms with Crippen molar-refractivity contribution in [2.75, 3.05) is 11.9 Å². The number of aliphatic carboxylic acids is 1. The predicted molar refractivity (Wildman–Crippen MR) is 88.1 cm³/mol. The van der Waals surface area contributed by atoms with Crippen molar-refractivity contribution in [3.05, 3.63) is 40.2 Å². The minimum Gasteiger partial charge on any atom is -0.480 e. The van der Waals surface area contributed by atoms with E-state index in [2.05, 4.69) is 15.3 Å². The van der Waals surface area contributed by atoms with Gasteiger partial charge in [0.2, 0.25) is 0 Å². The molecule has 1 unspecified atom stereocenters. The van der Waals surface area contributed by atoms with Crippen LogP contribution in [0.2, 0.25) is 0 Å². The maximum atomic E-state index is 12.2. The van der Waals surface area contributed by atoms with Crippen LogP contribution in [0.5, 0.6) is 0 Å². The van der Waals surface area contributed by atoms with Gasteiger partial charge in [0.05, 0.1) is 12.8 Å². The van der Waals surface area contributed by atoms with Gasteiger partial charge in [-0.25, -0.2) is 9.59 Å². The highest BCUT2D eigenvalue weighted by atomic mass is 16.4. The Labute approximate surface area is 135 Å². The van der Waals surface area contributed by atoms with E-state index in [-0.39, 0.29) is 12.3 Å². The Bertz CT molecular complexity index is 958. The molecule has 1 amide bonds. The molecule has 0 fully saturated rings. The topological polar surface area (TPSA) is 121 Å². The van der Waals surface area contributed by atoms with Gasteiger partial charge in [-0.2, -0.15) is 0 Å². The molecule has 0 radical (unpaired) electrons. The lowest BCUT2D eigenvalue weighted by atomic mass is 10.1. The number of aryl methyl sites for hydroxylation is 1. The summed E-state index contributed by atoms with van der Waals surface area (Å²) in [6.07, 6.45) is 1.24. The minimum absolute atomic E-state index is 0.00647. The Morgan fingerprint density at radius 3 is 2.88 bits per heavy atom. The molecule has 3 rings (SSSR count). The van der Waals surface area contributed by atoms with Gasteiger partial charge in [0.25, 0.3) is 5.91 Å². The molecule has 2 aromatic rings. The first-order valence-corrected chi connectivity index (χ1v) is 7.10. The van der Waals surface area contributed by atoms with Crippen LogP contribution in [0.15, 0.2) is 43.5 Å². The van der Waals surface area contributed by atoms with E-state index in [4.69, 9.17) is 9.52 Å². The number of carboxylic acid groups (broad SMARTS) is 1. The largest absolute Gasteiger partial charge is 0.480 e. The van der Waals surface area contributed by atoms with Crippen LogP contribution in [0.1, 0.15) is 5.56 Å². The Morgan fingerprint density at radius 1 is 1.33 bits per heavy atom. The van der Waals surface area contributed by atoms with Gasteiger partial charge in [0.1, 0.15) is 11.3 Å². The quantitative estimate of drug-likeness (QED) is 0.815. The number of hydrogen-bond donors (Lipinski definition) is 2. The molecule has 0 aliphatic carbocycles. The molecule has 2 heterocycles. The summed E-state index contributed by atoms with van der Waals surface area (Å²) in [6, 6.07) is 5.23. The van der Waals surface area contributed by atoms with Crippen LogP contribution >= 0.6 is 0 Å². The summed E-state index contributed by atoms with van der Waals surface area (Å²) in [5.74, 6) is -1.72. The number of anilines is 1. The van der Waals surface area contributed by atoms with E-state index in [0.717, 1.165) is 10.9 Å². The fraction of sp³-hybridized carbons (Fsp3) is 0.188. The zero-order valence-corrected chi connectivity index (χ0v) is 12.6. The Balaban J connectivity index is 1.87. The highest BCUT2D eigenvalue weighted by Crippen LogP contribution is 2.20. The van der Waals surface area contributed by atoms with Crippen molar-refractivity contribution in [3.8, 4) is 0 Å². The molecule has 1 aromatic heterocycles. The lowest BCUT2D eigenvalue weighted by Crippen LogP contribution is -2.33. The number of aliphatic imine (C=N–C) groups is 2. The molecule has 1 atom stereocenters. The predicted octanol–water partition coefficient (Wildman–Crippen LogP) is 1.02. The molecule has 122 valence electrons. The highest BCUT2D eigenvalue weighted by Gasteiger charge is 2.22. The number of carbonyl (C=O) groups excluding carboxylic acids is 1. The first-order valence-electron chi connectivity index (χ1n) is 7.10. The molecule has 8 heteroatoms. The van der Waals surface area contributed by atoms with Crippen molar-refractivity contribution < 1.29 is 19.1 Å². The summed E-state index contributed by atoms with van der Waals surface area (Å²) in [5.41, 5.74) is 0.971. The van der Waals surface area contributed by atoms with Gasteiger partial charge in [-0.3, -0.25) is 14.8 Å². The average Bonchev–Trinajstić information content (AvgIpc) is 2.54. The molecular weight excluding hydrogens is 314 g/mol. The highest BCUT2D eigenvalue weighted by molar-refractivity contribution is 6.63. The van der Waals surface area contributed by atoms with Crippen LogP contribution in [0.3, 0.4) is 0 Å². The summed E-state index contributed by atoms with van der Waals surface area (Å²) in [4.78, 5) is 42.3. The number of hydrogen-bond acceptors (Lipinski definition) is 6. The zero-order valence-electron chi connectivity index (χ0n) is 12.6. The Morgan fingerprint density at radius 2 is 2.12 bits per heavy atom. The number of fused-ring (bicyclic) bond motifs is 1. The van der Waals surface area contributed by atoms with Crippen molar-refractivity contribution in [1.29, 1.82) is 0 Å².